The molecule has 29 heavy (non-hydrogen) atoms. The molecule has 2 atom stereocenters. The Hall–Kier alpha value is -2.97. The molecule has 0 aromatic heterocycles. The van der Waals surface area contributed by atoms with E-state index in [1.54, 1.807) is 5.48 Å². The summed E-state index contributed by atoms with van der Waals surface area (Å²) in [5.74, 6) is -2.50. The van der Waals surface area contributed by atoms with Crippen molar-refractivity contribution in [1.82, 2.24) is 16.3 Å². The molecule has 0 radical (unpaired) electrons. The molecule has 0 saturated heterocycles. The van der Waals surface area contributed by atoms with Crippen LogP contribution in [0.4, 0.5) is 0 Å². The molecule has 0 saturated carbocycles. The molecule has 0 heterocycles. The van der Waals surface area contributed by atoms with Crippen LogP contribution in [0.5, 0.6) is 0 Å². The van der Waals surface area contributed by atoms with E-state index in [1.165, 1.54) is 5.48 Å². The summed E-state index contributed by atoms with van der Waals surface area (Å²) in [7, 11) is 0. The summed E-state index contributed by atoms with van der Waals surface area (Å²) in [6, 6.07) is 12.5. The maximum Gasteiger partial charge on any atom is 0.266 e. The summed E-state index contributed by atoms with van der Waals surface area (Å²) < 4.78 is 0. The van der Waals surface area contributed by atoms with Crippen LogP contribution in [-0.4, -0.2) is 34.2 Å². The maximum absolute atomic E-state index is 12.7. The topological polar surface area (TPSA) is 128 Å². The third-order valence-corrected chi connectivity index (χ3v) is 4.68. The Morgan fingerprint density at radius 2 is 1.62 bits per heavy atom. The molecule has 8 heteroatoms. The van der Waals surface area contributed by atoms with Gasteiger partial charge in [0, 0.05) is 18.8 Å². The minimum atomic E-state index is -1.01. The molecular formula is C21H27N3O5. The number of amides is 3. The Morgan fingerprint density at radius 3 is 2.24 bits per heavy atom. The van der Waals surface area contributed by atoms with Gasteiger partial charge in [-0.05, 0) is 28.7 Å². The zero-order chi connectivity index (χ0) is 21.4. The van der Waals surface area contributed by atoms with Gasteiger partial charge in [0.2, 0.25) is 11.8 Å². The van der Waals surface area contributed by atoms with Crippen LogP contribution in [0.1, 0.15) is 32.3 Å². The Kier molecular flexibility index (Phi) is 8.11. The van der Waals surface area contributed by atoms with Crippen molar-refractivity contribution in [3.63, 3.8) is 0 Å². The quantitative estimate of drug-likeness (QED) is 0.324. The minimum Gasteiger partial charge on any atom is -0.344 e. The fourth-order valence-electron chi connectivity index (χ4n) is 3.30. The molecule has 0 fully saturated rings. The van der Waals surface area contributed by atoms with Crippen LogP contribution in [0.2, 0.25) is 0 Å². The fourth-order valence-corrected chi connectivity index (χ4v) is 3.30. The summed E-state index contributed by atoms with van der Waals surface area (Å²) in [5.41, 5.74) is 3.93. The lowest BCUT2D eigenvalue weighted by Gasteiger charge is -2.22. The van der Waals surface area contributed by atoms with Crippen molar-refractivity contribution in [3.05, 3.63) is 48.0 Å². The highest BCUT2D eigenvalue weighted by atomic mass is 16.5. The average molecular weight is 401 g/mol. The lowest BCUT2D eigenvalue weighted by Crippen LogP contribution is -2.49. The van der Waals surface area contributed by atoms with Crippen molar-refractivity contribution in [2.24, 2.45) is 11.8 Å². The number of hydroxylamine groups is 2. The van der Waals surface area contributed by atoms with E-state index in [2.05, 4.69) is 5.32 Å². The molecule has 2 aromatic carbocycles. The Morgan fingerprint density at radius 1 is 0.931 bits per heavy atom. The van der Waals surface area contributed by atoms with Gasteiger partial charge < -0.3 is 5.32 Å². The van der Waals surface area contributed by atoms with E-state index in [4.69, 9.17) is 10.4 Å². The van der Waals surface area contributed by atoms with E-state index in [0.717, 1.165) is 16.3 Å². The van der Waals surface area contributed by atoms with Crippen molar-refractivity contribution in [2.75, 3.05) is 0 Å². The van der Waals surface area contributed by atoms with E-state index < -0.39 is 29.7 Å². The molecule has 0 unspecified atom stereocenters. The van der Waals surface area contributed by atoms with Gasteiger partial charge in [0.05, 0.1) is 0 Å². The number of carbonyl (C=O) groups is 3. The summed E-state index contributed by atoms with van der Waals surface area (Å²) in [6.07, 6.45) is 0.371. The van der Waals surface area contributed by atoms with E-state index in [1.807, 2.05) is 56.3 Å². The van der Waals surface area contributed by atoms with Gasteiger partial charge >= 0.3 is 0 Å². The Bertz CT molecular complexity index is 868. The van der Waals surface area contributed by atoms with Crippen molar-refractivity contribution >= 4 is 28.5 Å². The highest BCUT2D eigenvalue weighted by Crippen LogP contribution is 2.19. The van der Waals surface area contributed by atoms with Crippen molar-refractivity contribution in [3.8, 4) is 0 Å². The predicted octanol–water partition coefficient (Wildman–Crippen LogP) is 1.93. The highest BCUT2D eigenvalue weighted by Gasteiger charge is 2.28. The van der Waals surface area contributed by atoms with Gasteiger partial charge in [-0.3, -0.25) is 24.8 Å². The van der Waals surface area contributed by atoms with Gasteiger partial charge in [0.1, 0.15) is 6.04 Å². The molecule has 0 aliphatic carbocycles. The number of hydrogen-bond donors (Lipinski definition) is 5. The van der Waals surface area contributed by atoms with E-state index in [-0.39, 0.29) is 18.8 Å². The third-order valence-electron chi connectivity index (χ3n) is 4.68. The molecule has 5 N–H and O–H groups in total. The van der Waals surface area contributed by atoms with Crippen LogP contribution in [0.15, 0.2) is 42.5 Å². The monoisotopic (exact) mass is 401 g/mol. The first kappa shape index (κ1) is 22.3. The average Bonchev–Trinajstić information content (AvgIpc) is 2.71. The van der Waals surface area contributed by atoms with Crippen LogP contribution in [0, 0.1) is 11.8 Å². The summed E-state index contributed by atoms with van der Waals surface area (Å²) in [5, 5.41) is 22.5. The van der Waals surface area contributed by atoms with Crippen molar-refractivity contribution in [2.45, 2.75) is 39.2 Å². The van der Waals surface area contributed by atoms with Crippen LogP contribution in [-0.2, 0) is 20.8 Å². The lowest BCUT2D eigenvalue weighted by molar-refractivity contribution is -0.138. The summed E-state index contributed by atoms with van der Waals surface area (Å²) in [6.45, 7) is 3.81. The van der Waals surface area contributed by atoms with Gasteiger partial charge in [-0.1, -0.05) is 56.3 Å². The number of rotatable bonds is 9. The second-order valence-electron chi connectivity index (χ2n) is 7.49. The molecule has 0 aliphatic heterocycles. The molecule has 0 bridgehead atoms. The molecule has 0 spiro atoms. The van der Waals surface area contributed by atoms with Crippen LogP contribution in [0.3, 0.4) is 0 Å². The maximum atomic E-state index is 12.7. The number of nitrogens with one attached hydrogen (secondary N) is 3. The van der Waals surface area contributed by atoms with E-state index >= 15 is 0 Å². The van der Waals surface area contributed by atoms with Crippen LogP contribution >= 0.6 is 0 Å². The number of hydrogen-bond acceptors (Lipinski definition) is 5. The molecule has 0 aliphatic rings. The predicted molar refractivity (Wildman–Crippen MR) is 107 cm³/mol. The van der Waals surface area contributed by atoms with Gasteiger partial charge in [0.25, 0.3) is 5.91 Å². The number of fused-ring (bicyclic) bond motifs is 1. The van der Waals surface area contributed by atoms with E-state index in [9.17, 15) is 14.4 Å². The second kappa shape index (κ2) is 10.5. The normalized spacial score (nSPS) is 13.0. The first-order valence-corrected chi connectivity index (χ1v) is 9.49. The van der Waals surface area contributed by atoms with E-state index in [0.29, 0.717) is 6.42 Å². The lowest BCUT2D eigenvalue weighted by atomic mass is 9.92. The Labute approximate surface area is 169 Å². The molecular weight excluding hydrogens is 374 g/mol. The number of carbonyl (C=O) groups excluding carboxylic acids is 3. The third kappa shape index (κ3) is 6.55. The molecule has 2 aromatic rings. The zero-order valence-corrected chi connectivity index (χ0v) is 16.5. The van der Waals surface area contributed by atoms with Gasteiger partial charge in [-0.25, -0.2) is 11.0 Å². The minimum absolute atomic E-state index is 0.128. The zero-order valence-electron chi connectivity index (χ0n) is 16.5. The Balaban J connectivity index is 2.18. The van der Waals surface area contributed by atoms with Crippen LogP contribution in [0.25, 0.3) is 10.8 Å². The summed E-state index contributed by atoms with van der Waals surface area (Å²) >= 11 is 0. The van der Waals surface area contributed by atoms with Gasteiger partial charge in [-0.15, -0.1) is 0 Å². The second-order valence-corrected chi connectivity index (χ2v) is 7.49. The molecule has 8 nitrogen and oxygen atoms in total. The number of benzene rings is 2. The molecule has 3 amide bonds. The largest absolute Gasteiger partial charge is 0.344 e. The first-order chi connectivity index (χ1) is 13.8. The van der Waals surface area contributed by atoms with Crippen LogP contribution < -0.4 is 16.3 Å². The molecule has 2 rings (SSSR count). The standard InChI is InChI=1S/C21H27N3O5/c1-13(2)9-17(12-19(25)23-28)20(26)22-18(21(27)24-29)11-14-7-8-15-5-3-4-6-16(15)10-14/h3-8,10,13,17-18,28-29H,9,11-12H2,1-2H3,(H,22,26)(H,23,25)(H,24,27)/t17-,18+/m1/s1. The molecule has 156 valence electrons. The van der Waals surface area contributed by atoms with Crippen molar-refractivity contribution in [1.29, 1.82) is 0 Å². The SMILES string of the molecule is CC(C)C[C@H](CC(=O)NO)C(=O)N[C@@H](Cc1ccc2ccccc2c1)C(=O)NO. The van der Waals surface area contributed by atoms with Crippen molar-refractivity contribution < 1.29 is 24.8 Å². The highest BCUT2D eigenvalue weighted by molar-refractivity contribution is 5.90. The summed E-state index contributed by atoms with van der Waals surface area (Å²) in [4.78, 5) is 36.4. The first-order valence-electron chi connectivity index (χ1n) is 9.49. The van der Waals surface area contributed by atoms with Gasteiger partial charge in [-0.2, -0.15) is 0 Å². The smallest absolute Gasteiger partial charge is 0.266 e. The fraction of sp³-hybridized carbons (Fsp3) is 0.381. The van der Waals surface area contributed by atoms with Gasteiger partial charge in [0.15, 0.2) is 0 Å².